The fourth-order valence-electron chi connectivity index (χ4n) is 3.13. The molecule has 0 saturated heterocycles. The Morgan fingerprint density at radius 1 is 0.903 bits per heavy atom. The lowest BCUT2D eigenvalue weighted by Gasteiger charge is -2.09. The van der Waals surface area contributed by atoms with E-state index in [-0.39, 0.29) is 24.0 Å². The highest BCUT2D eigenvalue weighted by atomic mass is 32.2. The minimum Gasteiger partial charge on any atom is -0.454 e. The molecule has 1 heterocycles. The second kappa shape index (κ2) is 8.69. The Hall–Kier alpha value is -3.52. The second-order valence-corrected chi connectivity index (χ2v) is 8.91. The minimum atomic E-state index is -3.67. The molecule has 8 heteroatoms. The van der Waals surface area contributed by atoms with Crippen molar-refractivity contribution < 1.29 is 22.7 Å². The van der Waals surface area contributed by atoms with Crippen LogP contribution in [-0.4, -0.2) is 21.1 Å². The van der Waals surface area contributed by atoms with Gasteiger partial charge < -0.3 is 14.8 Å². The van der Waals surface area contributed by atoms with E-state index in [0.29, 0.717) is 29.3 Å². The van der Waals surface area contributed by atoms with Crippen molar-refractivity contribution in [2.24, 2.45) is 0 Å². The summed E-state index contributed by atoms with van der Waals surface area (Å²) in [4.78, 5) is 12.4. The van der Waals surface area contributed by atoms with Gasteiger partial charge in [0.15, 0.2) is 11.5 Å². The summed E-state index contributed by atoms with van der Waals surface area (Å²) in [7, 11) is -3.67. The number of hydrogen-bond donors (Lipinski definition) is 2. The quantitative estimate of drug-likeness (QED) is 0.579. The first kappa shape index (κ1) is 20.7. The van der Waals surface area contributed by atoms with Crippen molar-refractivity contribution in [2.45, 2.75) is 24.7 Å². The highest BCUT2D eigenvalue weighted by molar-refractivity contribution is 7.92. The van der Waals surface area contributed by atoms with Gasteiger partial charge in [0.2, 0.25) is 12.7 Å². The minimum absolute atomic E-state index is 0.142. The largest absolute Gasteiger partial charge is 0.454 e. The number of sulfonamides is 1. The van der Waals surface area contributed by atoms with E-state index in [1.165, 1.54) is 0 Å². The molecule has 0 fully saturated rings. The highest BCUT2D eigenvalue weighted by Gasteiger charge is 2.15. The zero-order chi connectivity index (χ0) is 21.8. The molecule has 0 atom stereocenters. The highest BCUT2D eigenvalue weighted by Crippen LogP contribution is 2.34. The first-order valence-electron chi connectivity index (χ1n) is 9.77. The van der Waals surface area contributed by atoms with Crippen LogP contribution in [-0.2, 0) is 21.2 Å². The van der Waals surface area contributed by atoms with E-state index in [4.69, 9.17) is 9.47 Å². The van der Waals surface area contributed by atoms with Crippen LogP contribution in [0.15, 0.2) is 71.6 Å². The van der Waals surface area contributed by atoms with E-state index < -0.39 is 10.0 Å². The monoisotopic (exact) mass is 438 g/mol. The smallest absolute Gasteiger partial charge is 0.261 e. The van der Waals surface area contributed by atoms with Crippen LogP contribution in [0.1, 0.15) is 17.5 Å². The zero-order valence-electron chi connectivity index (χ0n) is 16.9. The molecule has 1 aliphatic rings. The van der Waals surface area contributed by atoms with Crippen molar-refractivity contribution in [1.29, 1.82) is 0 Å². The SMILES string of the molecule is Cc1ccc(NS(=O)(=O)c2ccc(CCC(=O)Nc3ccc4c(c3)OCO4)cc2)cc1. The molecule has 0 aliphatic carbocycles. The molecule has 3 aromatic carbocycles. The molecule has 0 unspecified atom stereocenters. The number of ether oxygens (including phenoxy) is 2. The molecule has 0 spiro atoms. The number of hydrogen-bond acceptors (Lipinski definition) is 5. The van der Waals surface area contributed by atoms with E-state index in [1.807, 2.05) is 19.1 Å². The van der Waals surface area contributed by atoms with Crippen molar-refractivity contribution in [3.05, 3.63) is 77.9 Å². The average molecular weight is 439 g/mol. The Balaban J connectivity index is 1.32. The van der Waals surface area contributed by atoms with Crippen LogP contribution < -0.4 is 19.5 Å². The van der Waals surface area contributed by atoms with Gasteiger partial charge >= 0.3 is 0 Å². The van der Waals surface area contributed by atoms with Gasteiger partial charge in [-0.1, -0.05) is 29.8 Å². The molecule has 3 aromatic rings. The number of aryl methyl sites for hydroxylation is 2. The number of anilines is 2. The van der Waals surface area contributed by atoms with E-state index >= 15 is 0 Å². The Labute approximate surface area is 181 Å². The Bertz CT molecular complexity index is 1190. The van der Waals surface area contributed by atoms with Crippen LogP contribution in [0.3, 0.4) is 0 Å². The van der Waals surface area contributed by atoms with Crippen molar-refractivity contribution in [2.75, 3.05) is 16.8 Å². The summed E-state index contributed by atoms with van der Waals surface area (Å²) in [5, 5.41) is 2.83. The molecule has 160 valence electrons. The number of amides is 1. The van der Waals surface area contributed by atoms with Crippen LogP contribution in [0.4, 0.5) is 11.4 Å². The molecule has 0 aromatic heterocycles. The molecule has 0 saturated carbocycles. The van der Waals surface area contributed by atoms with Gasteiger partial charge in [0.1, 0.15) is 0 Å². The molecule has 7 nitrogen and oxygen atoms in total. The third kappa shape index (κ3) is 5.16. The maximum absolute atomic E-state index is 12.6. The van der Waals surface area contributed by atoms with Gasteiger partial charge in [0.25, 0.3) is 10.0 Å². The summed E-state index contributed by atoms with van der Waals surface area (Å²) in [6, 6.07) is 18.9. The normalized spacial score (nSPS) is 12.4. The fourth-order valence-corrected chi connectivity index (χ4v) is 4.19. The lowest BCUT2D eigenvalue weighted by molar-refractivity contribution is -0.116. The molecule has 31 heavy (non-hydrogen) atoms. The number of rotatable bonds is 7. The summed E-state index contributed by atoms with van der Waals surface area (Å²) in [5.41, 5.74) is 3.07. The number of carbonyl (C=O) groups is 1. The summed E-state index contributed by atoms with van der Waals surface area (Å²) in [6.07, 6.45) is 0.754. The molecule has 0 radical (unpaired) electrons. The van der Waals surface area contributed by atoms with E-state index in [2.05, 4.69) is 10.0 Å². The van der Waals surface area contributed by atoms with Gasteiger partial charge in [-0.2, -0.15) is 0 Å². The lowest BCUT2D eigenvalue weighted by atomic mass is 10.1. The molecule has 1 amide bonds. The standard InChI is InChI=1S/C23H22N2O5S/c1-16-2-7-18(8-3-16)25-31(27,28)20-10-4-17(5-11-20)6-13-23(26)24-19-9-12-21-22(14-19)30-15-29-21/h2-5,7-12,14,25H,6,13,15H2,1H3,(H,24,26). The first-order chi connectivity index (χ1) is 14.9. The summed E-state index contributed by atoms with van der Waals surface area (Å²) in [5.74, 6) is 1.12. The second-order valence-electron chi connectivity index (χ2n) is 7.23. The van der Waals surface area contributed by atoms with Crippen molar-refractivity contribution >= 4 is 27.3 Å². The molecular formula is C23H22N2O5S. The topological polar surface area (TPSA) is 93.7 Å². The van der Waals surface area contributed by atoms with Crippen LogP contribution in [0.25, 0.3) is 0 Å². The number of fused-ring (bicyclic) bond motifs is 1. The van der Waals surface area contributed by atoms with Crippen LogP contribution >= 0.6 is 0 Å². The van der Waals surface area contributed by atoms with E-state index in [1.54, 1.807) is 54.6 Å². The summed E-state index contributed by atoms with van der Waals surface area (Å²) in [6.45, 7) is 2.12. The molecule has 1 aliphatic heterocycles. The van der Waals surface area contributed by atoms with Crippen LogP contribution in [0, 0.1) is 6.92 Å². The maximum Gasteiger partial charge on any atom is 0.261 e. The van der Waals surface area contributed by atoms with Crippen molar-refractivity contribution in [1.82, 2.24) is 0 Å². The van der Waals surface area contributed by atoms with E-state index in [0.717, 1.165) is 11.1 Å². The van der Waals surface area contributed by atoms with E-state index in [9.17, 15) is 13.2 Å². The average Bonchev–Trinajstić information content (AvgIpc) is 3.22. The first-order valence-corrected chi connectivity index (χ1v) is 11.3. The van der Waals surface area contributed by atoms with Gasteiger partial charge in [-0.05, 0) is 55.3 Å². The summed E-state index contributed by atoms with van der Waals surface area (Å²) >= 11 is 0. The number of carbonyl (C=O) groups excluding carboxylic acids is 1. The lowest BCUT2D eigenvalue weighted by Crippen LogP contribution is -2.13. The van der Waals surface area contributed by atoms with Gasteiger partial charge in [0, 0.05) is 23.9 Å². The van der Waals surface area contributed by atoms with Crippen molar-refractivity contribution in [3.63, 3.8) is 0 Å². The molecule has 0 bridgehead atoms. The Morgan fingerprint density at radius 3 is 2.32 bits per heavy atom. The maximum atomic E-state index is 12.6. The van der Waals surface area contributed by atoms with Gasteiger partial charge in [-0.3, -0.25) is 9.52 Å². The number of benzene rings is 3. The van der Waals surface area contributed by atoms with Gasteiger partial charge in [0.05, 0.1) is 4.90 Å². The Kier molecular flexibility index (Phi) is 5.81. The van der Waals surface area contributed by atoms with Crippen LogP contribution in [0.2, 0.25) is 0 Å². The third-order valence-electron chi connectivity index (χ3n) is 4.83. The Morgan fingerprint density at radius 2 is 1.58 bits per heavy atom. The summed E-state index contributed by atoms with van der Waals surface area (Å²) < 4.78 is 38.2. The molecule has 2 N–H and O–H groups in total. The molecular weight excluding hydrogens is 416 g/mol. The van der Waals surface area contributed by atoms with Crippen LogP contribution in [0.5, 0.6) is 11.5 Å². The van der Waals surface area contributed by atoms with Crippen molar-refractivity contribution in [3.8, 4) is 11.5 Å². The third-order valence-corrected chi connectivity index (χ3v) is 6.23. The van der Waals surface area contributed by atoms with Gasteiger partial charge in [-0.25, -0.2) is 8.42 Å². The fraction of sp³-hybridized carbons (Fsp3) is 0.174. The van der Waals surface area contributed by atoms with Gasteiger partial charge in [-0.15, -0.1) is 0 Å². The number of nitrogens with one attached hydrogen (secondary N) is 2. The molecule has 4 rings (SSSR count). The predicted molar refractivity (Wildman–Crippen MR) is 118 cm³/mol. The zero-order valence-corrected chi connectivity index (χ0v) is 17.7. The predicted octanol–water partition coefficient (Wildman–Crippen LogP) is 4.10.